The molecule has 0 aromatic carbocycles. The Balaban J connectivity index is 1.81. The van der Waals surface area contributed by atoms with Gasteiger partial charge in [0, 0.05) is 26.7 Å². The molecule has 0 bridgehead atoms. The molecule has 0 aromatic rings. The van der Waals surface area contributed by atoms with Crippen molar-refractivity contribution >= 4 is 5.91 Å². The molecular formula is C13H24N2O2. The van der Waals surface area contributed by atoms with Crippen molar-refractivity contribution in [3.8, 4) is 0 Å². The second-order valence-corrected chi connectivity index (χ2v) is 5.54. The molecule has 2 saturated heterocycles. The summed E-state index contributed by atoms with van der Waals surface area (Å²) >= 11 is 0. The highest BCUT2D eigenvalue weighted by molar-refractivity contribution is 5.79. The average molecular weight is 240 g/mol. The molecule has 0 radical (unpaired) electrons. The van der Waals surface area contributed by atoms with Crippen LogP contribution in [0, 0.1) is 17.8 Å². The summed E-state index contributed by atoms with van der Waals surface area (Å²) in [5, 5.41) is 3.29. The third kappa shape index (κ3) is 3.19. The molecule has 17 heavy (non-hydrogen) atoms. The maximum atomic E-state index is 12.3. The number of hydrogen-bond acceptors (Lipinski definition) is 3. The van der Waals surface area contributed by atoms with E-state index >= 15 is 0 Å². The number of nitrogens with one attached hydrogen (secondary N) is 1. The van der Waals surface area contributed by atoms with E-state index in [9.17, 15) is 4.79 Å². The maximum Gasteiger partial charge on any atom is 0.227 e. The van der Waals surface area contributed by atoms with Gasteiger partial charge in [0.2, 0.25) is 5.91 Å². The minimum Gasteiger partial charge on any atom is -0.381 e. The van der Waals surface area contributed by atoms with E-state index in [4.69, 9.17) is 4.74 Å². The van der Waals surface area contributed by atoms with Crippen LogP contribution in [-0.4, -0.2) is 50.7 Å². The van der Waals surface area contributed by atoms with Crippen molar-refractivity contribution in [1.29, 1.82) is 0 Å². The first-order valence-electron chi connectivity index (χ1n) is 6.72. The third-order valence-corrected chi connectivity index (χ3v) is 4.00. The van der Waals surface area contributed by atoms with Crippen molar-refractivity contribution < 1.29 is 9.53 Å². The van der Waals surface area contributed by atoms with Crippen molar-refractivity contribution in [2.75, 3.05) is 39.9 Å². The monoisotopic (exact) mass is 240 g/mol. The van der Waals surface area contributed by atoms with E-state index in [1.807, 2.05) is 11.9 Å². The number of rotatable bonds is 3. The fourth-order valence-electron chi connectivity index (χ4n) is 2.85. The Morgan fingerprint density at radius 1 is 1.47 bits per heavy atom. The first-order chi connectivity index (χ1) is 8.18. The summed E-state index contributed by atoms with van der Waals surface area (Å²) in [5.41, 5.74) is 0. The van der Waals surface area contributed by atoms with E-state index in [0.717, 1.165) is 39.3 Å². The molecule has 2 aliphatic heterocycles. The summed E-state index contributed by atoms with van der Waals surface area (Å²) in [6.45, 7) is 6.51. The molecule has 2 aliphatic rings. The first-order valence-corrected chi connectivity index (χ1v) is 6.72. The van der Waals surface area contributed by atoms with Gasteiger partial charge >= 0.3 is 0 Å². The van der Waals surface area contributed by atoms with E-state index in [1.165, 1.54) is 6.42 Å². The van der Waals surface area contributed by atoms with E-state index in [2.05, 4.69) is 12.2 Å². The van der Waals surface area contributed by atoms with Gasteiger partial charge in [0.05, 0.1) is 12.5 Å². The van der Waals surface area contributed by atoms with Crippen LogP contribution >= 0.6 is 0 Å². The highest BCUT2D eigenvalue weighted by atomic mass is 16.5. The quantitative estimate of drug-likeness (QED) is 0.790. The van der Waals surface area contributed by atoms with Gasteiger partial charge in [-0.15, -0.1) is 0 Å². The summed E-state index contributed by atoms with van der Waals surface area (Å²) in [5.74, 6) is 1.47. The Morgan fingerprint density at radius 2 is 2.29 bits per heavy atom. The van der Waals surface area contributed by atoms with Gasteiger partial charge < -0.3 is 15.0 Å². The van der Waals surface area contributed by atoms with Crippen molar-refractivity contribution in [1.82, 2.24) is 10.2 Å². The van der Waals surface area contributed by atoms with Crippen molar-refractivity contribution in [2.24, 2.45) is 17.8 Å². The Morgan fingerprint density at radius 3 is 2.88 bits per heavy atom. The molecular weight excluding hydrogens is 216 g/mol. The number of carbonyl (C=O) groups is 1. The molecule has 1 unspecified atom stereocenters. The molecule has 4 heteroatoms. The predicted molar refractivity (Wildman–Crippen MR) is 66.7 cm³/mol. The Bertz CT molecular complexity index is 264. The van der Waals surface area contributed by atoms with Gasteiger partial charge in [-0.1, -0.05) is 6.92 Å². The third-order valence-electron chi connectivity index (χ3n) is 4.00. The topological polar surface area (TPSA) is 41.6 Å². The molecule has 4 nitrogen and oxygen atoms in total. The van der Waals surface area contributed by atoms with Crippen LogP contribution in [0.3, 0.4) is 0 Å². The number of ether oxygens (including phenoxy) is 1. The lowest BCUT2D eigenvalue weighted by molar-refractivity contribution is -0.135. The lowest BCUT2D eigenvalue weighted by Gasteiger charge is -2.29. The van der Waals surface area contributed by atoms with E-state index in [0.29, 0.717) is 17.7 Å². The molecule has 1 amide bonds. The highest BCUT2D eigenvalue weighted by Gasteiger charge is 2.32. The van der Waals surface area contributed by atoms with Crippen LogP contribution < -0.4 is 5.32 Å². The van der Waals surface area contributed by atoms with E-state index in [1.54, 1.807) is 0 Å². The normalized spacial score (nSPS) is 33.6. The van der Waals surface area contributed by atoms with Gasteiger partial charge in [-0.25, -0.2) is 0 Å². The predicted octanol–water partition coefficient (Wildman–Crippen LogP) is 0.727. The van der Waals surface area contributed by atoms with Crippen molar-refractivity contribution in [2.45, 2.75) is 19.8 Å². The largest absolute Gasteiger partial charge is 0.381 e. The van der Waals surface area contributed by atoms with Crippen LogP contribution in [0.25, 0.3) is 0 Å². The molecule has 0 aromatic heterocycles. The summed E-state index contributed by atoms with van der Waals surface area (Å²) in [6.07, 6.45) is 2.32. The van der Waals surface area contributed by atoms with Gasteiger partial charge in [0.25, 0.3) is 0 Å². The molecule has 0 saturated carbocycles. The van der Waals surface area contributed by atoms with Gasteiger partial charge in [0.1, 0.15) is 0 Å². The smallest absolute Gasteiger partial charge is 0.227 e. The molecule has 3 atom stereocenters. The molecule has 0 aliphatic carbocycles. The summed E-state index contributed by atoms with van der Waals surface area (Å²) in [6, 6.07) is 0. The number of carbonyl (C=O) groups excluding carboxylic acids is 1. The molecule has 0 spiro atoms. The number of nitrogens with zero attached hydrogens (tertiary/aromatic N) is 1. The fraction of sp³-hybridized carbons (Fsp3) is 0.923. The first kappa shape index (κ1) is 12.8. The number of amides is 1. The fourth-order valence-corrected chi connectivity index (χ4v) is 2.85. The zero-order chi connectivity index (χ0) is 12.3. The van der Waals surface area contributed by atoms with Crippen LogP contribution in [0.15, 0.2) is 0 Å². The SMILES string of the molecule is C[C@@H]1CNC[C@H]1C(=O)N(C)CC1CCCOC1. The van der Waals surface area contributed by atoms with Crippen LogP contribution in [0.1, 0.15) is 19.8 Å². The molecule has 98 valence electrons. The van der Waals surface area contributed by atoms with Gasteiger partial charge in [-0.2, -0.15) is 0 Å². The van der Waals surface area contributed by atoms with Crippen LogP contribution in [0.2, 0.25) is 0 Å². The van der Waals surface area contributed by atoms with Crippen LogP contribution in [0.5, 0.6) is 0 Å². The Kier molecular flexibility index (Phi) is 4.40. The minimum absolute atomic E-state index is 0.171. The zero-order valence-electron chi connectivity index (χ0n) is 10.9. The van der Waals surface area contributed by atoms with E-state index in [-0.39, 0.29) is 5.92 Å². The summed E-state index contributed by atoms with van der Waals surface area (Å²) < 4.78 is 5.46. The second kappa shape index (κ2) is 5.83. The zero-order valence-corrected chi connectivity index (χ0v) is 10.9. The highest BCUT2D eigenvalue weighted by Crippen LogP contribution is 2.20. The second-order valence-electron chi connectivity index (χ2n) is 5.54. The van der Waals surface area contributed by atoms with Crippen molar-refractivity contribution in [3.63, 3.8) is 0 Å². The Labute approximate surface area is 104 Å². The minimum atomic E-state index is 0.171. The lowest BCUT2D eigenvalue weighted by Crippen LogP contribution is -2.40. The average Bonchev–Trinajstić information content (AvgIpc) is 2.76. The Hall–Kier alpha value is -0.610. The number of hydrogen-bond donors (Lipinski definition) is 1. The lowest BCUT2D eigenvalue weighted by atomic mass is 9.95. The molecule has 2 heterocycles. The van der Waals surface area contributed by atoms with Crippen LogP contribution in [-0.2, 0) is 9.53 Å². The summed E-state index contributed by atoms with van der Waals surface area (Å²) in [4.78, 5) is 14.2. The van der Waals surface area contributed by atoms with Gasteiger partial charge in [-0.05, 0) is 31.2 Å². The molecule has 1 N–H and O–H groups in total. The van der Waals surface area contributed by atoms with Gasteiger partial charge in [0.15, 0.2) is 0 Å². The van der Waals surface area contributed by atoms with E-state index < -0.39 is 0 Å². The maximum absolute atomic E-state index is 12.3. The van der Waals surface area contributed by atoms with Crippen molar-refractivity contribution in [3.05, 3.63) is 0 Å². The summed E-state index contributed by atoms with van der Waals surface area (Å²) in [7, 11) is 1.93. The molecule has 2 rings (SSSR count). The molecule has 2 fully saturated rings. The van der Waals surface area contributed by atoms with Gasteiger partial charge in [-0.3, -0.25) is 4.79 Å². The standard InChI is InChI=1S/C13H24N2O2/c1-10-6-14-7-12(10)13(16)15(2)8-11-4-3-5-17-9-11/h10-12,14H,3-9H2,1-2H3/t10-,11?,12-/m1/s1. The van der Waals surface area contributed by atoms with Crippen LogP contribution in [0.4, 0.5) is 0 Å².